The number of alkyl halides is 3. The number of fused-ring (bicyclic) bond motifs is 1. The summed E-state index contributed by atoms with van der Waals surface area (Å²) in [7, 11) is 0. The zero-order valence-corrected chi connectivity index (χ0v) is 20.2. The van der Waals surface area contributed by atoms with Gasteiger partial charge in [-0.1, -0.05) is 78.3 Å². The van der Waals surface area contributed by atoms with Crippen molar-refractivity contribution in [2.75, 3.05) is 5.32 Å². The molecular formula is C30H21ClF4N2. The van der Waals surface area contributed by atoms with Gasteiger partial charge in [-0.2, -0.15) is 13.2 Å². The maximum absolute atomic E-state index is 14.3. The van der Waals surface area contributed by atoms with Crippen molar-refractivity contribution in [3.8, 4) is 11.1 Å². The van der Waals surface area contributed by atoms with E-state index in [1.54, 1.807) is 18.2 Å². The number of pyridine rings is 1. The summed E-state index contributed by atoms with van der Waals surface area (Å²) in [5.41, 5.74) is 3.46. The van der Waals surface area contributed by atoms with E-state index in [-0.39, 0.29) is 17.1 Å². The summed E-state index contributed by atoms with van der Waals surface area (Å²) in [4.78, 5) is 4.26. The van der Waals surface area contributed by atoms with Gasteiger partial charge in [-0.05, 0) is 52.9 Å². The number of aromatic nitrogens is 1. The normalized spacial score (nSPS) is 11.6. The van der Waals surface area contributed by atoms with Gasteiger partial charge < -0.3 is 5.32 Å². The van der Waals surface area contributed by atoms with Gasteiger partial charge in [0, 0.05) is 29.4 Å². The molecule has 5 aromatic rings. The van der Waals surface area contributed by atoms with Crippen LogP contribution in [0.4, 0.5) is 23.2 Å². The molecule has 0 saturated carbocycles. The monoisotopic (exact) mass is 520 g/mol. The molecule has 37 heavy (non-hydrogen) atoms. The van der Waals surface area contributed by atoms with Crippen LogP contribution in [0.25, 0.3) is 22.0 Å². The topological polar surface area (TPSA) is 24.9 Å². The quantitative estimate of drug-likeness (QED) is 0.226. The van der Waals surface area contributed by atoms with E-state index in [2.05, 4.69) is 10.3 Å². The Kier molecular flexibility index (Phi) is 6.85. The number of nitrogens with one attached hydrogen (secondary N) is 1. The van der Waals surface area contributed by atoms with Gasteiger partial charge in [-0.15, -0.1) is 0 Å². The van der Waals surface area contributed by atoms with E-state index < -0.39 is 17.6 Å². The molecule has 4 aromatic carbocycles. The highest BCUT2D eigenvalue weighted by Gasteiger charge is 2.33. The van der Waals surface area contributed by atoms with Crippen molar-refractivity contribution >= 4 is 28.2 Å². The molecule has 0 aliphatic carbocycles. The van der Waals surface area contributed by atoms with Gasteiger partial charge in [-0.25, -0.2) is 4.39 Å². The standard InChI is InChI=1S/C30H21ClF4N2/c31-26-14-5-10-21(28(26)32)17-36-23-11-4-9-20(16-23)27-22(15-19-7-2-1-3-8-19)18-37-29-24(27)12-6-13-25(29)30(33,34)35/h1-14,16,18,36H,15,17H2. The Balaban J connectivity index is 1.60. The smallest absolute Gasteiger partial charge is 0.381 e. The van der Waals surface area contributed by atoms with Gasteiger partial charge in [-0.3, -0.25) is 4.98 Å². The van der Waals surface area contributed by atoms with Gasteiger partial charge in [0.15, 0.2) is 0 Å². The van der Waals surface area contributed by atoms with Crippen LogP contribution in [0.15, 0.2) is 97.2 Å². The highest BCUT2D eigenvalue weighted by Crippen LogP contribution is 2.39. The number of hydrogen-bond donors (Lipinski definition) is 1. The molecule has 0 aliphatic heterocycles. The number of rotatable bonds is 6. The molecule has 0 bridgehead atoms. The minimum Gasteiger partial charge on any atom is -0.381 e. The number of anilines is 1. The molecule has 7 heteroatoms. The second kappa shape index (κ2) is 10.2. The van der Waals surface area contributed by atoms with Crippen LogP contribution in [-0.4, -0.2) is 4.98 Å². The Morgan fingerprint density at radius 2 is 1.57 bits per heavy atom. The SMILES string of the molecule is Fc1c(Cl)cccc1CNc1cccc(-c2c(Cc3ccccc3)cnc3c(C(F)(F)F)cccc23)c1. The average Bonchev–Trinajstić information content (AvgIpc) is 2.89. The Bertz CT molecular complexity index is 1570. The Labute approximate surface area is 216 Å². The molecule has 0 aliphatic rings. The molecule has 0 unspecified atom stereocenters. The minimum absolute atomic E-state index is 0.0438. The zero-order valence-electron chi connectivity index (χ0n) is 19.5. The maximum atomic E-state index is 14.3. The van der Waals surface area contributed by atoms with Crippen LogP contribution < -0.4 is 5.32 Å². The zero-order chi connectivity index (χ0) is 26.0. The first-order valence-electron chi connectivity index (χ1n) is 11.6. The number of hydrogen-bond acceptors (Lipinski definition) is 2. The fraction of sp³-hybridized carbons (Fsp3) is 0.100. The molecular weight excluding hydrogens is 500 g/mol. The molecule has 0 spiro atoms. The lowest BCUT2D eigenvalue weighted by Gasteiger charge is -2.17. The van der Waals surface area contributed by atoms with Crippen molar-refractivity contribution in [2.45, 2.75) is 19.1 Å². The van der Waals surface area contributed by atoms with E-state index >= 15 is 0 Å². The molecule has 0 saturated heterocycles. The molecule has 1 N–H and O–H groups in total. The number of nitrogens with zero attached hydrogens (tertiary/aromatic N) is 1. The fourth-order valence-corrected chi connectivity index (χ4v) is 4.64. The van der Waals surface area contributed by atoms with E-state index in [4.69, 9.17) is 11.6 Å². The van der Waals surface area contributed by atoms with Crippen molar-refractivity contribution in [2.24, 2.45) is 0 Å². The number of benzene rings is 4. The Hall–Kier alpha value is -3.90. The maximum Gasteiger partial charge on any atom is 0.418 e. The van der Waals surface area contributed by atoms with Crippen LogP contribution >= 0.6 is 11.6 Å². The van der Waals surface area contributed by atoms with Crippen LogP contribution in [0.3, 0.4) is 0 Å². The summed E-state index contributed by atoms with van der Waals surface area (Å²) in [6.07, 6.45) is -2.50. The number of para-hydroxylation sites is 1. The van der Waals surface area contributed by atoms with Gasteiger partial charge in [0.05, 0.1) is 16.1 Å². The second-order valence-corrected chi connectivity index (χ2v) is 9.07. The Morgan fingerprint density at radius 1 is 0.811 bits per heavy atom. The molecule has 0 fully saturated rings. The van der Waals surface area contributed by atoms with Crippen LogP contribution in [0.2, 0.25) is 5.02 Å². The average molecular weight is 521 g/mol. The number of halogens is 5. The summed E-state index contributed by atoms with van der Waals surface area (Å²) in [6, 6.07) is 26.0. The predicted octanol–water partition coefficient (Wildman–Crippen LogP) is 8.92. The summed E-state index contributed by atoms with van der Waals surface area (Å²) in [5, 5.41) is 3.66. The lowest BCUT2D eigenvalue weighted by atomic mass is 9.91. The lowest BCUT2D eigenvalue weighted by Crippen LogP contribution is -2.07. The van der Waals surface area contributed by atoms with Crippen molar-refractivity contribution in [1.29, 1.82) is 0 Å². The lowest BCUT2D eigenvalue weighted by molar-refractivity contribution is -0.136. The van der Waals surface area contributed by atoms with Crippen molar-refractivity contribution < 1.29 is 17.6 Å². The summed E-state index contributed by atoms with van der Waals surface area (Å²) < 4.78 is 55.7. The molecule has 1 aromatic heterocycles. The van der Waals surface area contributed by atoms with E-state index in [1.807, 2.05) is 54.6 Å². The molecule has 186 valence electrons. The molecule has 0 amide bonds. The predicted molar refractivity (Wildman–Crippen MR) is 140 cm³/mol. The summed E-state index contributed by atoms with van der Waals surface area (Å²) in [6.45, 7) is 0.196. The molecule has 1 heterocycles. The van der Waals surface area contributed by atoms with Crippen molar-refractivity contribution in [3.63, 3.8) is 0 Å². The molecule has 2 nitrogen and oxygen atoms in total. The van der Waals surface area contributed by atoms with Crippen molar-refractivity contribution in [1.82, 2.24) is 4.98 Å². The van der Waals surface area contributed by atoms with Crippen LogP contribution in [0, 0.1) is 5.82 Å². The third kappa shape index (κ3) is 5.30. The summed E-state index contributed by atoms with van der Waals surface area (Å²) >= 11 is 5.90. The van der Waals surface area contributed by atoms with Crippen LogP contribution in [0.5, 0.6) is 0 Å². The van der Waals surface area contributed by atoms with E-state index in [0.29, 0.717) is 28.6 Å². The van der Waals surface area contributed by atoms with Gasteiger partial charge >= 0.3 is 6.18 Å². The highest BCUT2D eigenvalue weighted by molar-refractivity contribution is 6.30. The third-order valence-electron chi connectivity index (χ3n) is 6.18. The minimum atomic E-state index is -4.53. The second-order valence-electron chi connectivity index (χ2n) is 8.67. The van der Waals surface area contributed by atoms with Gasteiger partial charge in [0.1, 0.15) is 5.82 Å². The molecule has 0 radical (unpaired) electrons. The first-order chi connectivity index (χ1) is 17.8. The van der Waals surface area contributed by atoms with Gasteiger partial charge in [0.2, 0.25) is 0 Å². The van der Waals surface area contributed by atoms with E-state index in [0.717, 1.165) is 22.8 Å². The van der Waals surface area contributed by atoms with Crippen LogP contribution in [0.1, 0.15) is 22.3 Å². The molecule has 0 atom stereocenters. The van der Waals surface area contributed by atoms with Crippen molar-refractivity contribution in [3.05, 3.63) is 130 Å². The highest BCUT2D eigenvalue weighted by atomic mass is 35.5. The fourth-order valence-electron chi connectivity index (χ4n) is 4.45. The van der Waals surface area contributed by atoms with Crippen LogP contribution in [-0.2, 0) is 19.1 Å². The largest absolute Gasteiger partial charge is 0.418 e. The van der Waals surface area contributed by atoms with E-state index in [1.165, 1.54) is 18.3 Å². The third-order valence-corrected chi connectivity index (χ3v) is 6.48. The first kappa shape index (κ1) is 24.8. The molecule has 5 rings (SSSR count). The Morgan fingerprint density at radius 3 is 2.35 bits per heavy atom. The summed E-state index contributed by atoms with van der Waals surface area (Å²) in [5.74, 6) is -0.488. The van der Waals surface area contributed by atoms with E-state index in [9.17, 15) is 17.6 Å². The first-order valence-corrected chi connectivity index (χ1v) is 12.0. The van der Waals surface area contributed by atoms with Gasteiger partial charge in [0.25, 0.3) is 0 Å².